The molecular weight excluding hydrogens is 301 g/mol. The summed E-state index contributed by atoms with van der Waals surface area (Å²) in [7, 11) is 0. The van der Waals surface area contributed by atoms with Gasteiger partial charge in [0.2, 0.25) is 0 Å². The molecule has 0 saturated carbocycles. The number of rotatable bonds is 2. The van der Waals surface area contributed by atoms with Gasteiger partial charge in [0.05, 0.1) is 0 Å². The van der Waals surface area contributed by atoms with E-state index < -0.39 is 6.36 Å². The van der Waals surface area contributed by atoms with Crippen LogP contribution in [0.2, 0.25) is 0 Å². The first-order valence-electron chi connectivity index (χ1n) is 6.25. The van der Waals surface area contributed by atoms with Crippen LogP contribution in [-0.4, -0.2) is 15.9 Å². The molecule has 0 amide bonds. The monoisotopic (exact) mass is 316 g/mol. The van der Waals surface area contributed by atoms with Gasteiger partial charge in [0.25, 0.3) is 0 Å². The van der Waals surface area contributed by atoms with E-state index in [1.165, 1.54) is 12.1 Å². The van der Waals surface area contributed by atoms with Gasteiger partial charge in [-0.25, -0.2) is 0 Å². The fourth-order valence-electron chi connectivity index (χ4n) is 1.97. The molecule has 0 spiro atoms. The van der Waals surface area contributed by atoms with Crippen molar-refractivity contribution in [3.63, 3.8) is 0 Å². The Labute approximate surface area is 125 Å². The highest BCUT2D eigenvalue weighted by molar-refractivity contribution is 7.71. The Morgan fingerprint density at radius 2 is 1.67 bits per heavy atom. The summed E-state index contributed by atoms with van der Waals surface area (Å²) in [6.07, 6.45) is -2.88. The number of nitrogens with one attached hydrogen (secondary N) is 1. The molecule has 7 heteroatoms. The SMILES string of the molecule is CC(C)(C)c1c[nH]c(=S)n1-c1ccc(OC(F)(F)F)cc1. The molecular formula is C14H15F3N2OS. The number of halogens is 3. The minimum atomic E-state index is -4.69. The molecule has 1 aromatic heterocycles. The summed E-state index contributed by atoms with van der Waals surface area (Å²) in [4.78, 5) is 2.96. The lowest BCUT2D eigenvalue weighted by atomic mass is 9.92. The smallest absolute Gasteiger partial charge is 0.406 e. The molecule has 0 aliphatic rings. The third kappa shape index (κ3) is 3.66. The predicted molar refractivity (Wildman–Crippen MR) is 76.3 cm³/mol. The number of hydrogen-bond acceptors (Lipinski definition) is 2. The molecule has 0 bridgehead atoms. The highest BCUT2D eigenvalue weighted by Crippen LogP contribution is 2.28. The summed E-state index contributed by atoms with van der Waals surface area (Å²) in [5.74, 6) is -0.259. The largest absolute Gasteiger partial charge is 0.573 e. The van der Waals surface area contributed by atoms with E-state index in [2.05, 4.69) is 9.72 Å². The number of ether oxygens (including phenoxy) is 1. The van der Waals surface area contributed by atoms with Crippen molar-refractivity contribution in [3.8, 4) is 11.4 Å². The number of aromatic amines is 1. The predicted octanol–water partition coefficient (Wildman–Crippen LogP) is 4.73. The van der Waals surface area contributed by atoms with Crippen LogP contribution < -0.4 is 4.74 Å². The molecule has 0 fully saturated rings. The summed E-state index contributed by atoms with van der Waals surface area (Å²) in [5.41, 5.74) is 1.46. The van der Waals surface area contributed by atoms with E-state index in [4.69, 9.17) is 12.2 Å². The molecule has 114 valence electrons. The number of alkyl halides is 3. The van der Waals surface area contributed by atoms with E-state index in [9.17, 15) is 13.2 Å². The second kappa shape index (κ2) is 5.22. The first-order chi connectivity index (χ1) is 9.58. The Bertz CT molecular complexity index is 678. The molecule has 2 aromatic rings. The zero-order valence-electron chi connectivity index (χ0n) is 11.8. The number of imidazole rings is 1. The third-order valence-electron chi connectivity index (χ3n) is 2.87. The molecule has 0 unspecified atom stereocenters. The standard InChI is InChI=1S/C14H15F3N2OS/c1-13(2,3)11-8-18-12(21)19(11)9-4-6-10(7-5-9)20-14(15,16)17/h4-8H,1-3H3,(H,18,21). The van der Waals surface area contributed by atoms with Gasteiger partial charge in [0.15, 0.2) is 4.77 Å². The lowest BCUT2D eigenvalue weighted by Gasteiger charge is -2.21. The van der Waals surface area contributed by atoms with Crippen molar-refractivity contribution >= 4 is 12.2 Å². The molecule has 1 heterocycles. The number of benzene rings is 1. The first kappa shape index (κ1) is 15.6. The van der Waals surface area contributed by atoms with Gasteiger partial charge < -0.3 is 9.72 Å². The van der Waals surface area contributed by atoms with Crippen LogP contribution in [0.5, 0.6) is 5.75 Å². The quantitative estimate of drug-likeness (QED) is 0.812. The minimum absolute atomic E-state index is 0.158. The van der Waals surface area contributed by atoms with E-state index in [0.717, 1.165) is 5.69 Å². The zero-order valence-corrected chi connectivity index (χ0v) is 12.6. The zero-order chi connectivity index (χ0) is 15.8. The summed E-state index contributed by atoms with van der Waals surface area (Å²) < 4.78 is 42.6. The maximum atomic E-state index is 12.2. The molecule has 2 rings (SSSR count). The van der Waals surface area contributed by atoms with Gasteiger partial charge in [-0.15, -0.1) is 13.2 Å². The molecule has 1 aromatic carbocycles. The molecule has 0 radical (unpaired) electrons. The Morgan fingerprint density at radius 1 is 1.10 bits per heavy atom. The van der Waals surface area contributed by atoms with Crippen LogP contribution in [0.25, 0.3) is 5.69 Å². The van der Waals surface area contributed by atoms with Gasteiger partial charge in [-0.3, -0.25) is 4.57 Å². The summed E-state index contributed by atoms with van der Waals surface area (Å²) >= 11 is 5.24. The average Bonchev–Trinajstić information content (AvgIpc) is 2.70. The van der Waals surface area contributed by atoms with Crippen LogP contribution in [-0.2, 0) is 5.41 Å². The summed E-state index contributed by atoms with van der Waals surface area (Å²) in [6.45, 7) is 6.09. The van der Waals surface area contributed by atoms with E-state index in [1.54, 1.807) is 16.7 Å². The Hall–Kier alpha value is -1.76. The summed E-state index contributed by atoms with van der Waals surface area (Å²) in [6, 6.07) is 5.62. The van der Waals surface area contributed by atoms with Gasteiger partial charge in [-0.2, -0.15) is 0 Å². The van der Waals surface area contributed by atoms with E-state index in [0.29, 0.717) is 10.5 Å². The Kier molecular flexibility index (Phi) is 3.88. The van der Waals surface area contributed by atoms with Crippen molar-refractivity contribution < 1.29 is 17.9 Å². The number of nitrogens with zero attached hydrogens (tertiary/aromatic N) is 1. The maximum absolute atomic E-state index is 12.2. The van der Waals surface area contributed by atoms with Gasteiger partial charge >= 0.3 is 6.36 Å². The van der Waals surface area contributed by atoms with Crippen molar-refractivity contribution in [2.75, 3.05) is 0 Å². The maximum Gasteiger partial charge on any atom is 0.573 e. The third-order valence-corrected chi connectivity index (χ3v) is 3.17. The normalized spacial score (nSPS) is 12.5. The summed E-state index contributed by atoms with van der Waals surface area (Å²) in [5, 5.41) is 0. The van der Waals surface area contributed by atoms with Gasteiger partial charge in [-0.05, 0) is 36.5 Å². The highest BCUT2D eigenvalue weighted by atomic mass is 32.1. The first-order valence-corrected chi connectivity index (χ1v) is 6.66. The molecule has 3 nitrogen and oxygen atoms in total. The lowest BCUT2D eigenvalue weighted by Crippen LogP contribution is -2.18. The second-order valence-corrected chi connectivity index (χ2v) is 5.99. The van der Waals surface area contributed by atoms with Gasteiger partial charge in [0, 0.05) is 23.0 Å². The van der Waals surface area contributed by atoms with E-state index in [-0.39, 0.29) is 11.2 Å². The van der Waals surface area contributed by atoms with Crippen molar-refractivity contribution in [2.45, 2.75) is 32.5 Å². The van der Waals surface area contributed by atoms with Crippen LogP contribution >= 0.6 is 12.2 Å². The minimum Gasteiger partial charge on any atom is -0.406 e. The molecule has 0 aliphatic carbocycles. The van der Waals surface area contributed by atoms with Crippen molar-refractivity contribution in [2.24, 2.45) is 0 Å². The fraction of sp³-hybridized carbons (Fsp3) is 0.357. The van der Waals surface area contributed by atoms with Crippen molar-refractivity contribution in [1.29, 1.82) is 0 Å². The molecule has 21 heavy (non-hydrogen) atoms. The topological polar surface area (TPSA) is 29.9 Å². The Morgan fingerprint density at radius 3 is 2.14 bits per heavy atom. The molecule has 0 saturated heterocycles. The highest BCUT2D eigenvalue weighted by Gasteiger charge is 2.31. The van der Waals surface area contributed by atoms with Gasteiger partial charge in [0.1, 0.15) is 5.75 Å². The fourth-order valence-corrected chi connectivity index (χ4v) is 2.24. The van der Waals surface area contributed by atoms with E-state index in [1.807, 2.05) is 27.0 Å². The lowest BCUT2D eigenvalue weighted by molar-refractivity contribution is -0.274. The van der Waals surface area contributed by atoms with Crippen molar-refractivity contribution in [1.82, 2.24) is 9.55 Å². The molecule has 0 aliphatic heterocycles. The van der Waals surface area contributed by atoms with Crippen LogP contribution in [0.15, 0.2) is 30.5 Å². The number of H-pyrrole nitrogens is 1. The second-order valence-electron chi connectivity index (χ2n) is 5.61. The van der Waals surface area contributed by atoms with Crippen molar-refractivity contribution in [3.05, 3.63) is 40.9 Å². The van der Waals surface area contributed by atoms with Gasteiger partial charge in [-0.1, -0.05) is 20.8 Å². The molecule has 1 N–H and O–H groups in total. The van der Waals surface area contributed by atoms with Crippen LogP contribution in [0, 0.1) is 4.77 Å². The van der Waals surface area contributed by atoms with Crippen LogP contribution in [0.4, 0.5) is 13.2 Å². The number of hydrogen-bond donors (Lipinski definition) is 1. The van der Waals surface area contributed by atoms with E-state index >= 15 is 0 Å². The Balaban J connectivity index is 2.40. The van der Waals surface area contributed by atoms with Crippen LogP contribution in [0.1, 0.15) is 26.5 Å². The number of aromatic nitrogens is 2. The average molecular weight is 316 g/mol. The molecule has 0 atom stereocenters. The van der Waals surface area contributed by atoms with Crippen LogP contribution in [0.3, 0.4) is 0 Å².